The average Bonchev–Trinajstić information content (AvgIpc) is 2.89. The Balaban J connectivity index is 2.38. The van der Waals surface area contributed by atoms with Crippen LogP contribution in [0.25, 0.3) is 0 Å². The molecule has 0 unspecified atom stereocenters. The number of ether oxygens (including phenoxy) is 1. The van der Waals surface area contributed by atoms with Crippen molar-refractivity contribution in [1.29, 1.82) is 0 Å². The molecule has 1 saturated heterocycles. The Morgan fingerprint density at radius 3 is 2.83 bits per heavy atom. The minimum absolute atomic E-state index is 0.0442. The highest BCUT2D eigenvalue weighted by molar-refractivity contribution is 5.90. The number of carboxylic acid groups (broad SMARTS) is 1. The maximum absolute atomic E-state index is 11.9. The van der Waals surface area contributed by atoms with Gasteiger partial charge in [-0.1, -0.05) is 38.0 Å². The molecule has 1 heterocycles. The lowest BCUT2D eigenvalue weighted by molar-refractivity contribution is -0.141. The lowest BCUT2D eigenvalue weighted by Gasteiger charge is -2.20. The van der Waals surface area contributed by atoms with Crippen molar-refractivity contribution in [1.82, 2.24) is 4.90 Å². The predicted molar refractivity (Wildman–Crippen MR) is 90.6 cm³/mol. The smallest absolute Gasteiger partial charge is 0.329 e. The van der Waals surface area contributed by atoms with Gasteiger partial charge in [0.1, 0.15) is 6.61 Å². The lowest BCUT2D eigenvalue weighted by atomic mass is 10.1. The Hall–Kier alpha value is -1.95. The van der Waals surface area contributed by atoms with Crippen molar-refractivity contribution in [3.8, 4) is 0 Å². The largest absolute Gasteiger partial charge is 0.480 e. The molecule has 6 heteroatoms. The van der Waals surface area contributed by atoms with E-state index in [4.69, 9.17) is 9.84 Å². The summed E-state index contributed by atoms with van der Waals surface area (Å²) >= 11 is 0. The zero-order valence-electron chi connectivity index (χ0n) is 14.3. The maximum Gasteiger partial charge on any atom is 0.329 e. The van der Waals surface area contributed by atoms with E-state index in [0.29, 0.717) is 19.4 Å². The van der Waals surface area contributed by atoms with Crippen molar-refractivity contribution in [3.05, 3.63) is 24.3 Å². The fourth-order valence-electron chi connectivity index (χ4n) is 2.51. The van der Waals surface area contributed by atoms with E-state index in [2.05, 4.69) is 6.92 Å². The van der Waals surface area contributed by atoms with Gasteiger partial charge < -0.3 is 14.7 Å². The Bertz CT molecular complexity index is 484. The number of likely N-dealkylation sites (tertiary alicyclic amines) is 1. The monoisotopic (exact) mass is 337 g/mol. The third kappa shape index (κ3) is 8.06. The Kier molecular flexibility index (Phi) is 9.68. The molecule has 0 radical (unpaired) electrons. The Labute approximate surface area is 143 Å². The molecule has 1 aliphatic rings. The predicted octanol–water partition coefficient (Wildman–Crippen LogP) is 2.34. The van der Waals surface area contributed by atoms with Crippen LogP contribution in [0.4, 0.5) is 0 Å². The van der Waals surface area contributed by atoms with Gasteiger partial charge in [0.15, 0.2) is 5.78 Å². The second-order valence-corrected chi connectivity index (χ2v) is 5.81. The number of nitrogens with zero attached hydrogens (tertiary/aromatic N) is 1. The SMILES string of the molecule is CCCCCC(=O)/C=C/[C@H]1CCC(=O)N1C/C=C\COCC(=O)O. The first-order valence-corrected chi connectivity index (χ1v) is 8.49. The van der Waals surface area contributed by atoms with Gasteiger partial charge >= 0.3 is 5.97 Å². The second kappa shape index (κ2) is 11.6. The van der Waals surface area contributed by atoms with Gasteiger partial charge in [-0.15, -0.1) is 0 Å². The number of carbonyl (C=O) groups is 3. The van der Waals surface area contributed by atoms with E-state index in [-0.39, 0.29) is 30.9 Å². The molecule has 0 bridgehead atoms. The van der Waals surface area contributed by atoms with E-state index in [1.165, 1.54) is 0 Å². The third-order valence-electron chi connectivity index (χ3n) is 3.81. The molecule has 1 fully saturated rings. The molecule has 0 aromatic rings. The van der Waals surface area contributed by atoms with Crippen LogP contribution in [0.2, 0.25) is 0 Å². The molecule has 1 aliphatic heterocycles. The molecule has 0 spiro atoms. The molecule has 1 N–H and O–H groups in total. The fraction of sp³-hybridized carbons (Fsp3) is 0.611. The number of rotatable bonds is 12. The molecule has 0 aromatic carbocycles. The number of hydrogen-bond acceptors (Lipinski definition) is 4. The number of unbranched alkanes of at least 4 members (excludes halogenated alkanes) is 2. The number of aliphatic carboxylic acids is 1. The number of amides is 1. The van der Waals surface area contributed by atoms with Crippen LogP contribution in [0.5, 0.6) is 0 Å². The molecule has 1 amide bonds. The molecule has 6 nitrogen and oxygen atoms in total. The molecular formula is C18H27NO5. The lowest BCUT2D eigenvalue weighted by Crippen LogP contribution is -2.32. The Morgan fingerprint density at radius 1 is 1.33 bits per heavy atom. The molecule has 1 rings (SSSR count). The van der Waals surface area contributed by atoms with E-state index < -0.39 is 5.97 Å². The van der Waals surface area contributed by atoms with Crippen LogP contribution < -0.4 is 0 Å². The van der Waals surface area contributed by atoms with Crippen molar-refractivity contribution in [2.75, 3.05) is 19.8 Å². The number of ketones is 1. The second-order valence-electron chi connectivity index (χ2n) is 5.81. The van der Waals surface area contributed by atoms with Crippen LogP contribution in [0.3, 0.4) is 0 Å². The molecule has 0 aromatic heterocycles. The highest BCUT2D eigenvalue weighted by Crippen LogP contribution is 2.19. The van der Waals surface area contributed by atoms with Gasteiger partial charge in [0.25, 0.3) is 0 Å². The molecule has 0 aliphatic carbocycles. The van der Waals surface area contributed by atoms with Gasteiger partial charge in [-0.3, -0.25) is 9.59 Å². The molecular weight excluding hydrogens is 310 g/mol. The van der Waals surface area contributed by atoms with E-state index in [1.807, 2.05) is 6.08 Å². The van der Waals surface area contributed by atoms with Crippen molar-refractivity contribution in [2.24, 2.45) is 0 Å². The summed E-state index contributed by atoms with van der Waals surface area (Å²) in [6, 6.07) is -0.0442. The quantitative estimate of drug-likeness (QED) is 0.336. The molecule has 1 atom stereocenters. The molecule has 134 valence electrons. The van der Waals surface area contributed by atoms with Gasteiger partial charge in [-0.2, -0.15) is 0 Å². The first-order chi connectivity index (χ1) is 11.5. The van der Waals surface area contributed by atoms with Gasteiger partial charge in [0.2, 0.25) is 5.91 Å². The highest BCUT2D eigenvalue weighted by Gasteiger charge is 2.27. The topological polar surface area (TPSA) is 83.9 Å². The standard InChI is InChI=1S/C18H27NO5/c1-2-3-4-7-16(20)10-8-15-9-11-17(21)19(15)12-5-6-13-24-14-18(22)23/h5-6,8,10,15H,2-4,7,9,11-14H2,1H3,(H,22,23)/b6-5-,10-8+/t15-/m0/s1. The first kappa shape index (κ1) is 20.1. The fourth-order valence-corrected chi connectivity index (χ4v) is 2.51. The molecule has 24 heavy (non-hydrogen) atoms. The minimum atomic E-state index is -1.01. The number of carbonyl (C=O) groups excluding carboxylic acids is 2. The summed E-state index contributed by atoms with van der Waals surface area (Å²) in [6.07, 6.45) is 11.7. The van der Waals surface area contributed by atoms with Crippen LogP contribution in [0.15, 0.2) is 24.3 Å². The van der Waals surface area contributed by atoms with Crippen molar-refractivity contribution < 1.29 is 24.2 Å². The maximum atomic E-state index is 11.9. The van der Waals surface area contributed by atoms with Gasteiger partial charge in [-0.05, 0) is 18.9 Å². The van der Waals surface area contributed by atoms with Gasteiger partial charge in [0, 0.05) is 19.4 Å². The van der Waals surface area contributed by atoms with Crippen molar-refractivity contribution in [2.45, 2.75) is 51.5 Å². The summed E-state index contributed by atoms with van der Waals surface area (Å²) < 4.78 is 4.89. The van der Waals surface area contributed by atoms with Gasteiger partial charge in [0.05, 0.1) is 12.6 Å². The highest BCUT2D eigenvalue weighted by atomic mass is 16.5. The van der Waals surface area contributed by atoms with Crippen LogP contribution in [0.1, 0.15) is 45.4 Å². The third-order valence-corrected chi connectivity index (χ3v) is 3.81. The van der Waals surface area contributed by atoms with E-state index >= 15 is 0 Å². The van der Waals surface area contributed by atoms with Crippen LogP contribution in [-0.2, 0) is 19.1 Å². The van der Waals surface area contributed by atoms with Gasteiger partial charge in [-0.25, -0.2) is 4.79 Å². The summed E-state index contributed by atoms with van der Waals surface area (Å²) in [5.41, 5.74) is 0. The number of hydrogen-bond donors (Lipinski definition) is 1. The number of allylic oxidation sites excluding steroid dienone is 1. The zero-order valence-corrected chi connectivity index (χ0v) is 14.3. The van der Waals surface area contributed by atoms with E-state index in [9.17, 15) is 14.4 Å². The summed E-state index contributed by atoms with van der Waals surface area (Å²) in [7, 11) is 0. The Morgan fingerprint density at radius 2 is 2.12 bits per heavy atom. The summed E-state index contributed by atoms with van der Waals surface area (Å²) in [5.74, 6) is -0.827. The minimum Gasteiger partial charge on any atom is -0.480 e. The number of carboxylic acids is 1. The summed E-state index contributed by atoms with van der Waals surface area (Å²) in [5, 5.41) is 8.45. The van der Waals surface area contributed by atoms with E-state index in [0.717, 1.165) is 25.7 Å². The summed E-state index contributed by atoms with van der Waals surface area (Å²) in [6.45, 7) is 2.40. The van der Waals surface area contributed by atoms with Crippen LogP contribution >= 0.6 is 0 Å². The average molecular weight is 337 g/mol. The molecule has 0 saturated carbocycles. The van der Waals surface area contributed by atoms with Crippen molar-refractivity contribution in [3.63, 3.8) is 0 Å². The zero-order chi connectivity index (χ0) is 17.8. The van der Waals surface area contributed by atoms with Crippen LogP contribution in [-0.4, -0.2) is 53.5 Å². The van der Waals surface area contributed by atoms with E-state index in [1.54, 1.807) is 23.1 Å². The van der Waals surface area contributed by atoms with Crippen molar-refractivity contribution >= 4 is 17.7 Å². The summed E-state index contributed by atoms with van der Waals surface area (Å²) in [4.78, 5) is 35.7. The normalized spacial score (nSPS) is 18.1. The van der Waals surface area contributed by atoms with Crippen LogP contribution in [0, 0.1) is 0 Å². The first-order valence-electron chi connectivity index (χ1n) is 8.49.